The van der Waals surface area contributed by atoms with Crippen LogP contribution in [0.15, 0.2) is 59.6 Å². The molecule has 3 aromatic rings. The average molecular weight is 407 g/mol. The van der Waals surface area contributed by atoms with Crippen LogP contribution in [0.3, 0.4) is 0 Å². The molecule has 122 valence electrons. The van der Waals surface area contributed by atoms with Gasteiger partial charge in [-0.1, -0.05) is 27.5 Å². The van der Waals surface area contributed by atoms with E-state index in [-0.39, 0.29) is 12.5 Å². The summed E-state index contributed by atoms with van der Waals surface area (Å²) in [5.41, 5.74) is 2.11. The molecule has 0 saturated heterocycles. The molecule has 0 spiro atoms. The maximum atomic E-state index is 12.2. The van der Waals surface area contributed by atoms with Crippen LogP contribution in [0, 0.1) is 0 Å². The summed E-state index contributed by atoms with van der Waals surface area (Å²) in [4.78, 5) is 16.1. The molecule has 0 radical (unpaired) electrons. The second kappa shape index (κ2) is 7.46. The van der Waals surface area contributed by atoms with E-state index in [1.54, 1.807) is 29.2 Å². The third-order valence-electron chi connectivity index (χ3n) is 3.20. The smallest absolute Gasteiger partial charge is 0.243 e. The molecule has 3 rings (SSSR count). The second-order valence-electron chi connectivity index (χ2n) is 4.91. The highest BCUT2D eigenvalue weighted by Gasteiger charge is 2.10. The molecule has 0 aliphatic rings. The molecule has 1 aromatic heterocycles. The molecule has 1 heterocycles. The van der Waals surface area contributed by atoms with Gasteiger partial charge < -0.3 is 10.6 Å². The Kier molecular flexibility index (Phi) is 5.12. The van der Waals surface area contributed by atoms with E-state index < -0.39 is 0 Å². The Balaban J connectivity index is 1.70. The average Bonchev–Trinajstić information content (AvgIpc) is 3.09. The highest BCUT2D eigenvalue weighted by molar-refractivity contribution is 9.10. The van der Waals surface area contributed by atoms with E-state index in [0.29, 0.717) is 16.4 Å². The van der Waals surface area contributed by atoms with Crippen LogP contribution in [0.2, 0.25) is 5.02 Å². The van der Waals surface area contributed by atoms with Crippen molar-refractivity contribution in [2.24, 2.45) is 0 Å². The molecular formula is C16H13BrClN5O. The number of halogens is 2. The molecule has 0 saturated carbocycles. The van der Waals surface area contributed by atoms with Crippen molar-refractivity contribution < 1.29 is 4.79 Å². The van der Waals surface area contributed by atoms with E-state index in [1.165, 1.54) is 6.33 Å². The van der Waals surface area contributed by atoms with Gasteiger partial charge in [0.1, 0.15) is 12.7 Å². The van der Waals surface area contributed by atoms with Crippen molar-refractivity contribution in [3.8, 4) is 5.69 Å². The van der Waals surface area contributed by atoms with Crippen molar-refractivity contribution >= 4 is 44.8 Å². The van der Waals surface area contributed by atoms with Crippen LogP contribution >= 0.6 is 27.5 Å². The lowest BCUT2D eigenvalue weighted by atomic mass is 10.2. The van der Waals surface area contributed by atoms with E-state index >= 15 is 0 Å². The Morgan fingerprint density at radius 1 is 1.21 bits per heavy atom. The summed E-state index contributed by atoms with van der Waals surface area (Å²) in [7, 11) is 0. The van der Waals surface area contributed by atoms with Gasteiger partial charge in [-0.3, -0.25) is 4.79 Å². The molecule has 6 nitrogen and oxygen atoms in total. The largest absolute Gasteiger partial charge is 0.376 e. The number of carbonyl (C=O) groups is 1. The van der Waals surface area contributed by atoms with Gasteiger partial charge in [-0.2, -0.15) is 5.10 Å². The Morgan fingerprint density at radius 2 is 2.00 bits per heavy atom. The van der Waals surface area contributed by atoms with Gasteiger partial charge in [-0.15, -0.1) is 0 Å². The SMILES string of the molecule is O=C(CNc1ccc(Br)cc1)Nc1cc(Cl)ccc1-n1cncn1. The summed E-state index contributed by atoms with van der Waals surface area (Å²) >= 11 is 9.40. The van der Waals surface area contributed by atoms with Crippen LogP contribution in [-0.4, -0.2) is 27.2 Å². The minimum Gasteiger partial charge on any atom is -0.376 e. The van der Waals surface area contributed by atoms with Gasteiger partial charge in [0, 0.05) is 15.2 Å². The summed E-state index contributed by atoms with van der Waals surface area (Å²) in [5, 5.41) is 10.5. The summed E-state index contributed by atoms with van der Waals surface area (Å²) < 4.78 is 2.54. The Bertz CT molecular complexity index is 836. The first kappa shape index (κ1) is 16.5. The van der Waals surface area contributed by atoms with Crippen LogP contribution in [-0.2, 0) is 4.79 Å². The molecular weight excluding hydrogens is 394 g/mol. The van der Waals surface area contributed by atoms with Gasteiger partial charge in [-0.25, -0.2) is 9.67 Å². The topological polar surface area (TPSA) is 71.8 Å². The molecule has 24 heavy (non-hydrogen) atoms. The van der Waals surface area contributed by atoms with Crippen molar-refractivity contribution in [2.45, 2.75) is 0 Å². The molecule has 0 bridgehead atoms. The van der Waals surface area contributed by atoms with Gasteiger partial charge in [0.15, 0.2) is 0 Å². The lowest BCUT2D eigenvalue weighted by Gasteiger charge is -2.12. The number of amides is 1. The predicted octanol–water partition coefficient (Wildman–Crippen LogP) is 3.73. The third kappa shape index (κ3) is 4.12. The van der Waals surface area contributed by atoms with E-state index in [1.807, 2.05) is 24.3 Å². The van der Waals surface area contributed by atoms with Gasteiger partial charge in [-0.05, 0) is 42.5 Å². The number of rotatable bonds is 5. The Morgan fingerprint density at radius 3 is 2.71 bits per heavy atom. The number of hydrogen-bond acceptors (Lipinski definition) is 4. The van der Waals surface area contributed by atoms with Crippen molar-refractivity contribution in [3.63, 3.8) is 0 Å². The first-order chi connectivity index (χ1) is 11.6. The molecule has 0 fully saturated rings. The highest BCUT2D eigenvalue weighted by Crippen LogP contribution is 2.24. The maximum absolute atomic E-state index is 12.2. The number of benzene rings is 2. The normalized spacial score (nSPS) is 10.4. The maximum Gasteiger partial charge on any atom is 0.243 e. The zero-order valence-electron chi connectivity index (χ0n) is 12.4. The minimum absolute atomic E-state index is 0.130. The molecule has 0 aliphatic carbocycles. The molecule has 1 amide bonds. The summed E-state index contributed by atoms with van der Waals surface area (Å²) in [6.07, 6.45) is 2.98. The van der Waals surface area contributed by atoms with E-state index in [4.69, 9.17) is 11.6 Å². The minimum atomic E-state index is -0.193. The van der Waals surface area contributed by atoms with Crippen molar-refractivity contribution in [1.29, 1.82) is 0 Å². The van der Waals surface area contributed by atoms with E-state index in [9.17, 15) is 4.79 Å². The van der Waals surface area contributed by atoms with Crippen LogP contribution in [0.1, 0.15) is 0 Å². The number of nitrogens with zero attached hydrogens (tertiary/aromatic N) is 3. The molecule has 2 N–H and O–H groups in total. The fourth-order valence-electron chi connectivity index (χ4n) is 2.09. The number of hydrogen-bond donors (Lipinski definition) is 2. The fraction of sp³-hybridized carbons (Fsp3) is 0.0625. The number of aromatic nitrogens is 3. The molecule has 0 aliphatic heterocycles. The standard InChI is InChI=1S/C16H13BrClN5O/c17-11-1-4-13(5-2-11)20-8-16(24)22-14-7-12(18)3-6-15(14)23-10-19-9-21-23/h1-7,9-10,20H,8H2,(H,22,24). The number of carbonyl (C=O) groups excluding carboxylic acids is 1. The lowest BCUT2D eigenvalue weighted by molar-refractivity contribution is -0.114. The second-order valence-corrected chi connectivity index (χ2v) is 6.26. The molecule has 0 unspecified atom stereocenters. The predicted molar refractivity (Wildman–Crippen MR) is 97.6 cm³/mol. The van der Waals surface area contributed by atoms with E-state index in [0.717, 1.165) is 10.2 Å². The first-order valence-electron chi connectivity index (χ1n) is 7.05. The fourth-order valence-corrected chi connectivity index (χ4v) is 2.52. The van der Waals surface area contributed by atoms with Crippen LogP contribution in [0.4, 0.5) is 11.4 Å². The molecule has 2 aromatic carbocycles. The molecule has 8 heteroatoms. The number of anilines is 2. The third-order valence-corrected chi connectivity index (χ3v) is 3.96. The quantitative estimate of drug-likeness (QED) is 0.677. The monoisotopic (exact) mass is 405 g/mol. The summed E-state index contributed by atoms with van der Waals surface area (Å²) in [5.74, 6) is -0.193. The van der Waals surface area contributed by atoms with Crippen molar-refractivity contribution in [2.75, 3.05) is 17.2 Å². The van der Waals surface area contributed by atoms with Crippen molar-refractivity contribution in [3.05, 3.63) is 64.6 Å². The van der Waals surface area contributed by atoms with Crippen LogP contribution in [0.5, 0.6) is 0 Å². The zero-order chi connectivity index (χ0) is 16.9. The van der Waals surface area contributed by atoms with Gasteiger partial charge in [0.2, 0.25) is 5.91 Å². The zero-order valence-corrected chi connectivity index (χ0v) is 14.8. The van der Waals surface area contributed by atoms with Gasteiger partial charge in [0.25, 0.3) is 0 Å². The first-order valence-corrected chi connectivity index (χ1v) is 8.23. The highest BCUT2D eigenvalue weighted by atomic mass is 79.9. The summed E-state index contributed by atoms with van der Waals surface area (Å²) in [6, 6.07) is 12.8. The number of nitrogens with one attached hydrogen (secondary N) is 2. The van der Waals surface area contributed by atoms with Gasteiger partial charge in [0.05, 0.1) is 17.9 Å². The lowest BCUT2D eigenvalue weighted by Crippen LogP contribution is -2.22. The van der Waals surface area contributed by atoms with Gasteiger partial charge >= 0.3 is 0 Å². The van der Waals surface area contributed by atoms with Crippen LogP contribution in [0.25, 0.3) is 5.69 Å². The Labute approximate surface area is 152 Å². The Hall–Kier alpha value is -2.38. The summed E-state index contributed by atoms with van der Waals surface area (Å²) in [6.45, 7) is 0.130. The van der Waals surface area contributed by atoms with Crippen LogP contribution < -0.4 is 10.6 Å². The van der Waals surface area contributed by atoms with Crippen molar-refractivity contribution in [1.82, 2.24) is 14.8 Å². The van der Waals surface area contributed by atoms with E-state index in [2.05, 4.69) is 36.6 Å². The molecule has 0 atom stereocenters.